The lowest BCUT2D eigenvalue weighted by Gasteiger charge is -2.37. The maximum absolute atomic E-state index is 12.4. The highest BCUT2D eigenvalue weighted by Crippen LogP contribution is 2.41. The summed E-state index contributed by atoms with van der Waals surface area (Å²) >= 11 is 0. The highest BCUT2D eigenvalue weighted by molar-refractivity contribution is 6.59. The quantitative estimate of drug-likeness (QED) is 0.542. The van der Waals surface area contributed by atoms with Gasteiger partial charge in [0.2, 0.25) is 0 Å². The standard InChI is InChI=1S/C8H13BF3O3/c1-14-7(13)8(6-9(10,11)12)2-4-15-5-3-8/h2-6H2,1H3/q-1. The van der Waals surface area contributed by atoms with Crippen LogP contribution >= 0.6 is 0 Å². The van der Waals surface area contributed by atoms with Crippen molar-refractivity contribution in [2.45, 2.75) is 19.2 Å². The molecule has 1 saturated heterocycles. The van der Waals surface area contributed by atoms with Crippen molar-refractivity contribution in [2.75, 3.05) is 20.3 Å². The van der Waals surface area contributed by atoms with Crippen LogP contribution in [0.1, 0.15) is 12.8 Å². The minimum absolute atomic E-state index is 0.0843. The van der Waals surface area contributed by atoms with Gasteiger partial charge in [-0.2, -0.15) is 0 Å². The molecule has 88 valence electrons. The number of methoxy groups -OCH3 is 1. The van der Waals surface area contributed by atoms with E-state index in [-0.39, 0.29) is 26.1 Å². The second-order valence-electron chi connectivity index (χ2n) is 3.80. The second kappa shape index (κ2) is 4.43. The van der Waals surface area contributed by atoms with Gasteiger partial charge >= 0.3 is 12.9 Å². The largest absolute Gasteiger partial charge is 0.479 e. The van der Waals surface area contributed by atoms with Crippen molar-refractivity contribution < 1.29 is 27.2 Å². The zero-order valence-electron chi connectivity index (χ0n) is 8.47. The Bertz CT molecular complexity index is 236. The third-order valence-corrected chi connectivity index (χ3v) is 2.69. The van der Waals surface area contributed by atoms with Gasteiger partial charge in [-0.05, 0) is 12.8 Å². The predicted molar refractivity (Wildman–Crippen MR) is 48.4 cm³/mol. The molecule has 0 aromatic heterocycles. The van der Waals surface area contributed by atoms with Crippen LogP contribution in [0.5, 0.6) is 0 Å². The molecule has 3 nitrogen and oxygen atoms in total. The Labute approximate surface area is 86.0 Å². The van der Waals surface area contributed by atoms with E-state index in [4.69, 9.17) is 4.74 Å². The molecule has 1 rings (SSSR count). The second-order valence-corrected chi connectivity index (χ2v) is 3.80. The van der Waals surface area contributed by atoms with E-state index in [1.807, 2.05) is 0 Å². The Morgan fingerprint density at radius 1 is 1.40 bits per heavy atom. The smallest absolute Gasteiger partial charge is 0.469 e. The number of carbonyl (C=O) groups is 1. The molecular formula is C8H13BF3O3-. The Morgan fingerprint density at radius 2 is 1.93 bits per heavy atom. The van der Waals surface area contributed by atoms with E-state index in [1.54, 1.807) is 0 Å². The van der Waals surface area contributed by atoms with Crippen LogP contribution in [0.15, 0.2) is 0 Å². The molecule has 0 unspecified atom stereocenters. The molecule has 0 aliphatic carbocycles. The van der Waals surface area contributed by atoms with Crippen molar-refractivity contribution in [2.24, 2.45) is 5.41 Å². The average molecular weight is 225 g/mol. The lowest BCUT2D eigenvalue weighted by Crippen LogP contribution is -2.42. The molecule has 0 aromatic rings. The summed E-state index contributed by atoms with van der Waals surface area (Å²) in [6, 6.07) is 0. The predicted octanol–water partition coefficient (Wildman–Crippen LogP) is 1.80. The third kappa shape index (κ3) is 3.12. The van der Waals surface area contributed by atoms with Crippen LogP contribution in [0.2, 0.25) is 6.32 Å². The minimum Gasteiger partial charge on any atom is -0.469 e. The van der Waals surface area contributed by atoms with Gasteiger partial charge in [-0.15, -0.1) is 0 Å². The summed E-state index contributed by atoms with van der Waals surface area (Å²) in [7, 11) is 1.11. The first-order valence-corrected chi connectivity index (χ1v) is 4.77. The molecular weight excluding hydrogens is 212 g/mol. The molecule has 0 amide bonds. The average Bonchev–Trinajstić information content (AvgIpc) is 2.15. The number of carbonyl (C=O) groups excluding carboxylic acids is 1. The number of rotatable bonds is 3. The van der Waals surface area contributed by atoms with Gasteiger partial charge in [-0.25, -0.2) is 0 Å². The zero-order valence-corrected chi connectivity index (χ0v) is 8.47. The van der Waals surface area contributed by atoms with Crippen LogP contribution in [0.25, 0.3) is 0 Å². The number of halogens is 3. The summed E-state index contributed by atoms with van der Waals surface area (Å²) in [6.45, 7) is -4.62. The van der Waals surface area contributed by atoms with Crippen LogP contribution in [0.3, 0.4) is 0 Å². The van der Waals surface area contributed by atoms with Crippen molar-refractivity contribution in [1.82, 2.24) is 0 Å². The molecule has 0 spiro atoms. The van der Waals surface area contributed by atoms with Crippen molar-refractivity contribution >= 4 is 12.9 Å². The minimum atomic E-state index is -4.98. The number of hydrogen-bond donors (Lipinski definition) is 0. The molecule has 0 aromatic carbocycles. The lowest BCUT2D eigenvalue weighted by molar-refractivity contribution is -0.157. The third-order valence-electron chi connectivity index (χ3n) is 2.69. The fourth-order valence-corrected chi connectivity index (χ4v) is 1.91. The van der Waals surface area contributed by atoms with Crippen LogP contribution in [0.4, 0.5) is 12.9 Å². The van der Waals surface area contributed by atoms with Gasteiger partial charge in [0.1, 0.15) is 0 Å². The van der Waals surface area contributed by atoms with Crippen molar-refractivity contribution in [3.8, 4) is 0 Å². The van der Waals surface area contributed by atoms with Gasteiger partial charge in [0.25, 0.3) is 0 Å². The molecule has 0 bridgehead atoms. The van der Waals surface area contributed by atoms with E-state index in [0.29, 0.717) is 0 Å². The van der Waals surface area contributed by atoms with E-state index in [9.17, 15) is 17.7 Å². The van der Waals surface area contributed by atoms with E-state index >= 15 is 0 Å². The van der Waals surface area contributed by atoms with Crippen molar-refractivity contribution in [3.05, 3.63) is 0 Å². The molecule has 0 saturated carbocycles. The van der Waals surface area contributed by atoms with Crippen LogP contribution in [-0.4, -0.2) is 33.3 Å². The summed E-state index contributed by atoms with van der Waals surface area (Å²) in [5.41, 5.74) is -1.41. The topological polar surface area (TPSA) is 35.5 Å². The van der Waals surface area contributed by atoms with Gasteiger partial charge in [-0.3, -0.25) is 4.79 Å². The molecule has 0 N–H and O–H groups in total. The van der Waals surface area contributed by atoms with E-state index in [1.165, 1.54) is 0 Å². The van der Waals surface area contributed by atoms with Crippen LogP contribution in [-0.2, 0) is 14.3 Å². The molecule has 1 fully saturated rings. The van der Waals surface area contributed by atoms with E-state index in [2.05, 4.69) is 4.74 Å². The first kappa shape index (κ1) is 12.4. The summed E-state index contributed by atoms with van der Waals surface area (Å²) in [5.74, 6) is -0.773. The summed E-state index contributed by atoms with van der Waals surface area (Å²) in [6.07, 6.45) is -0.898. The fraction of sp³-hybridized carbons (Fsp3) is 0.875. The van der Waals surface area contributed by atoms with Gasteiger partial charge < -0.3 is 22.4 Å². The van der Waals surface area contributed by atoms with Gasteiger partial charge in [0, 0.05) is 18.6 Å². The number of esters is 1. The summed E-state index contributed by atoms with van der Waals surface area (Å²) in [4.78, 5) is 11.4. The Morgan fingerprint density at radius 3 is 2.33 bits per heavy atom. The molecule has 0 atom stereocenters. The maximum Gasteiger partial charge on any atom is 0.479 e. The number of hydrogen-bond acceptors (Lipinski definition) is 3. The SMILES string of the molecule is COC(=O)C1(C[B-](F)(F)F)CCOCC1. The van der Waals surface area contributed by atoms with E-state index in [0.717, 1.165) is 7.11 Å². The normalized spacial score (nSPS) is 21.1. The van der Waals surface area contributed by atoms with E-state index < -0.39 is 24.7 Å². The molecule has 15 heavy (non-hydrogen) atoms. The fourth-order valence-electron chi connectivity index (χ4n) is 1.91. The highest BCUT2D eigenvalue weighted by Gasteiger charge is 2.46. The summed E-state index contributed by atoms with van der Waals surface area (Å²) in [5, 5.41) is 0. The maximum atomic E-state index is 12.4. The summed E-state index contributed by atoms with van der Waals surface area (Å²) < 4.78 is 46.6. The lowest BCUT2D eigenvalue weighted by atomic mass is 9.64. The first-order chi connectivity index (χ1) is 6.90. The molecule has 1 aliphatic rings. The molecule has 7 heteroatoms. The molecule has 1 aliphatic heterocycles. The van der Waals surface area contributed by atoms with Gasteiger partial charge in [0.05, 0.1) is 7.11 Å². The van der Waals surface area contributed by atoms with Crippen molar-refractivity contribution in [1.29, 1.82) is 0 Å². The monoisotopic (exact) mass is 225 g/mol. The highest BCUT2D eigenvalue weighted by atomic mass is 19.4. The number of ether oxygens (including phenoxy) is 2. The van der Waals surface area contributed by atoms with Crippen LogP contribution < -0.4 is 0 Å². The first-order valence-electron chi connectivity index (χ1n) is 4.77. The van der Waals surface area contributed by atoms with Crippen molar-refractivity contribution in [3.63, 3.8) is 0 Å². The Kier molecular flexibility index (Phi) is 3.65. The Balaban J connectivity index is 2.80. The molecule has 1 heterocycles. The Hall–Kier alpha value is -0.715. The zero-order chi connectivity index (χ0) is 11.5. The van der Waals surface area contributed by atoms with Gasteiger partial charge in [0.15, 0.2) is 0 Å². The van der Waals surface area contributed by atoms with Gasteiger partial charge in [-0.1, -0.05) is 6.32 Å². The van der Waals surface area contributed by atoms with Crippen LogP contribution in [0, 0.1) is 5.41 Å². The molecule has 0 radical (unpaired) electrons.